The number of fused-ring (bicyclic) bond motifs is 1. The summed E-state index contributed by atoms with van der Waals surface area (Å²) in [6.45, 7) is 0.847. The number of halogens is 1. The van der Waals surface area contributed by atoms with Crippen molar-refractivity contribution in [2.24, 2.45) is 0 Å². The van der Waals surface area contributed by atoms with E-state index in [9.17, 15) is 0 Å². The van der Waals surface area contributed by atoms with E-state index in [1.807, 2.05) is 24.3 Å². The molecule has 0 bridgehead atoms. The lowest BCUT2D eigenvalue weighted by Gasteiger charge is -2.29. The lowest BCUT2D eigenvalue weighted by Crippen LogP contribution is -2.31. The van der Waals surface area contributed by atoms with Gasteiger partial charge in [-0.1, -0.05) is 11.6 Å². The van der Waals surface area contributed by atoms with Crippen LogP contribution in [0.25, 0.3) is 0 Å². The highest BCUT2D eigenvalue weighted by molar-refractivity contribution is 6.32. The van der Waals surface area contributed by atoms with Crippen molar-refractivity contribution in [3.63, 3.8) is 0 Å². The van der Waals surface area contributed by atoms with Gasteiger partial charge in [-0.2, -0.15) is 0 Å². The van der Waals surface area contributed by atoms with E-state index in [4.69, 9.17) is 30.5 Å². The molecule has 1 heterocycles. The van der Waals surface area contributed by atoms with Gasteiger partial charge in [-0.3, -0.25) is 0 Å². The molecule has 0 spiro atoms. The minimum absolute atomic E-state index is 0.0538. The lowest BCUT2D eigenvalue weighted by molar-refractivity contribution is 0.352. The summed E-state index contributed by atoms with van der Waals surface area (Å²) in [5.74, 6) is 2.75. The van der Waals surface area contributed by atoms with Crippen molar-refractivity contribution in [1.29, 1.82) is 0 Å². The fourth-order valence-electron chi connectivity index (χ4n) is 3.27. The number of hydrogen-bond donors (Lipinski definition) is 1. The zero-order valence-corrected chi connectivity index (χ0v) is 15.6. The monoisotopic (exact) mass is 363 g/mol. The largest absolute Gasteiger partial charge is 0.496 e. The minimum Gasteiger partial charge on any atom is -0.496 e. The fourth-order valence-corrected chi connectivity index (χ4v) is 3.52. The van der Waals surface area contributed by atoms with Crippen molar-refractivity contribution in [3.05, 3.63) is 46.0 Å². The molecule has 1 aliphatic rings. The third-order valence-electron chi connectivity index (χ3n) is 4.51. The zero-order valence-electron chi connectivity index (χ0n) is 14.8. The molecule has 0 radical (unpaired) electrons. The van der Waals surface area contributed by atoms with E-state index in [2.05, 4.69) is 5.32 Å². The molecule has 2 aromatic carbocycles. The molecule has 6 heteroatoms. The van der Waals surface area contributed by atoms with E-state index < -0.39 is 0 Å². The molecule has 0 aromatic heterocycles. The van der Waals surface area contributed by atoms with E-state index in [-0.39, 0.29) is 6.04 Å². The number of hydrogen-bond acceptors (Lipinski definition) is 5. The van der Waals surface area contributed by atoms with E-state index in [1.165, 1.54) is 5.56 Å². The summed E-state index contributed by atoms with van der Waals surface area (Å²) < 4.78 is 21.8. The highest BCUT2D eigenvalue weighted by atomic mass is 35.5. The molecule has 134 valence electrons. The van der Waals surface area contributed by atoms with Gasteiger partial charge in [0.15, 0.2) is 11.5 Å². The van der Waals surface area contributed by atoms with E-state index >= 15 is 0 Å². The predicted molar refractivity (Wildman–Crippen MR) is 97.7 cm³/mol. The Morgan fingerprint density at radius 3 is 2.08 bits per heavy atom. The van der Waals surface area contributed by atoms with Gasteiger partial charge in [0.05, 0.1) is 39.5 Å². The topological polar surface area (TPSA) is 49.0 Å². The predicted octanol–water partition coefficient (Wildman–Crippen LogP) is 3.61. The quantitative estimate of drug-likeness (QED) is 0.879. The average Bonchev–Trinajstić information content (AvgIpc) is 2.66. The molecule has 3 rings (SSSR count). The standard InChI is InChI=1S/C19H22ClNO4/c1-22-15-10-16(23-2)14(20)8-13(15)19-12-9-18(25-4)17(24-3)7-11(12)5-6-21-19/h7-10,19,21H,5-6H2,1-4H3. The van der Waals surface area contributed by atoms with Crippen molar-refractivity contribution in [2.75, 3.05) is 35.0 Å². The summed E-state index contributed by atoms with van der Waals surface area (Å²) in [6, 6.07) is 7.71. The Balaban J connectivity index is 2.14. The molecule has 1 aliphatic heterocycles. The van der Waals surface area contributed by atoms with Crippen molar-refractivity contribution < 1.29 is 18.9 Å². The van der Waals surface area contributed by atoms with Gasteiger partial charge >= 0.3 is 0 Å². The van der Waals surface area contributed by atoms with Crippen LogP contribution in [-0.4, -0.2) is 35.0 Å². The maximum atomic E-state index is 6.36. The molecule has 0 amide bonds. The summed E-state index contributed by atoms with van der Waals surface area (Å²) in [7, 11) is 6.52. The molecule has 0 saturated carbocycles. The molecule has 1 atom stereocenters. The molecule has 2 aromatic rings. The number of rotatable bonds is 5. The number of benzene rings is 2. The molecular formula is C19H22ClNO4. The Morgan fingerprint density at radius 1 is 0.800 bits per heavy atom. The minimum atomic E-state index is -0.0538. The van der Waals surface area contributed by atoms with Crippen LogP contribution >= 0.6 is 11.6 Å². The van der Waals surface area contributed by atoms with Gasteiger partial charge in [-0.15, -0.1) is 0 Å². The Morgan fingerprint density at radius 2 is 1.44 bits per heavy atom. The van der Waals surface area contributed by atoms with Crippen LogP contribution in [-0.2, 0) is 6.42 Å². The molecular weight excluding hydrogens is 342 g/mol. The number of ether oxygens (including phenoxy) is 4. The Hall–Kier alpha value is -2.11. The fraction of sp³-hybridized carbons (Fsp3) is 0.368. The lowest BCUT2D eigenvalue weighted by atomic mass is 9.89. The molecule has 0 saturated heterocycles. The summed E-state index contributed by atoms with van der Waals surface area (Å²) >= 11 is 6.36. The Labute approximate surface area is 152 Å². The van der Waals surface area contributed by atoms with Crippen LogP contribution in [0.2, 0.25) is 5.02 Å². The van der Waals surface area contributed by atoms with Crippen molar-refractivity contribution >= 4 is 11.6 Å². The summed E-state index contributed by atoms with van der Waals surface area (Å²) in [6.07, 6.45) is 0.915. The highest BCUT2D eigenvalue weighted by Gasteiger charge is 2.27. The SMILES string of the molecule is COc1cc(OC)c(C2NCCc3cc(OC)c(OC)cc32)cc1Cl. The highest BCUT2D eigenvalue weighted by Crippen LogP contribution is 2.42. The van der Waals surface area contributed by atoms with Crippen LogP contribution in [0.4, 0.5) is 0 Å². The van der Waals surface area contributed by atoms with Gasteiger partial charge in [0.1, 0.15) is 11.5 Å². The van der Waals surface area contributed by atoms with Gasteiger partial charge in [0.2, 0.25) is 0 Å². The first-order valence-corrected chi connectivity index (χ1v) is 8.40. The van der Waals surface area contributed by atoms with Gasteiger partial charge in [-0.05, 0) is 35.7 Å². The second kappa shape index (κ2) is 7.42. The normalized spacial score (nSPS) is 16.1. The molecule has 0 aliphatic carbocycles. The number of nitrogens with one attached hydrogen (secondary N) is 1. The second-order valence-corrected chi connectivity index (χ2v) is 6.18. The van der Waals surface area contributed by atoms with Crippen LogP contribution in [0.1, 0.15) is 22.7 Å². The van der Waals surface area contributed by atoms with E-state index in [0.29, 0.717) is 16.5 Å². The first kappa shape index (κ1) is 17.7. The van der Waals surface area contributed by atoms with Crippen molar-refractivity contribution in [1.82, 2.24) is 5.32 Å². The average molecular weight is 364 g/mol. The van der Waals surface area contributed by atoms with Crippen LogP contribution < -0.4 is 24.3 Å². The summed E-state index contributed by atoms with van der Waals surface area (Å²) in [4.78, 5) is 0. The second-order valence-electron chi connectivity index (χ2n) is 5.77. The molecule has 0 fully saturated rings. The van der Waals surface area contributed by atoms with Gasteiger partial charge in [-0.25, -0.2) is 0 Å². The smallest absolute Gasteiger partial charge is 0.161 e. The molecule has 1 N–H and O–H groups in total. The van der Waals surface area contributed by atoms with Crippen molar-refractivity contribution in [2.45, 2.75) is 12.5 Å². The van der Waals surface area contributed by atoms with Crippen molar-refractivity contribution in [3.8, 4) is 23.0 Å². The first-order chi connectivity index (χ1) is 12.1. The third kappa shape index (κ3) is 3.22. The maximum absolute atomic E-state index is 6.36. The van der Waals surface area contributed by atoms with Gasteiger partial charge in [0.25, 0.3) is 0 Å². The maximum Gasteiger partial charge on any atom is 0.161 e. The summed E-state index contributed by atoms with van der Waals surface area (Å²) in [5.41, 5.74) is 3.31. The van der Waals surface area contributed by atoms with E-state index in [1.54, 1.807) is 28.4 Å². The van der Waals surface area contributed by atoms with Gasteiger partial charge in [0, 0.05) is 18.2 Å². The number of methoxy groups -OCH3 is 4. The Kier molecular flexibility index (Phi) is 5.25. The molecule has 1 unspecified atom stereocenters. The van der Waals surface area contributed by atoms with Crippen LogP contribution in [0, 0.1) is 0 Å². The molecule has 25 heavy (non-hydrogen) atoms. The van der Waals surface area contributed by atoms with E-state index in [0.717, 1.165) is 35.6 Å². The summed E-state index contributed by atoms with van der Waals surface area (Å²) in [5, 5.41) is 4.09. The molecule has 5 nitrogen and oxygen atoms in total. The third-order valence-corrected chi connectivity index (χ3v) is 4.81. The zero-order chi connectivity index (χ0) is 18.0. The van der Waals surface area contributed by atoms with Crippen LogP contribution in [0.3, 0.4) is 0 Å². The van der Waals surface area contributed by atoms with Crippen LogP contribution in [0.15, 0.2) is 24.3 Å². The van der Waals surface area contributed by atoms with Gasteiger partial charge < -0.3 is 24.3 Å². The Bertz CT molecular complexity index is 779. The van der Waals surface area contributed by atoms with Crippen LogP contribution in [0.5, 0.6) is 23.0 Å². The first-order valence-electron chi connectivity index (χ1n) is 8.02.